The van der Waals surface area contributed by atoms with Gasteiger partial charge < -0.3 is 0 Å². The molecule has 1 nitrogen and oxygen atoms in total. The minimum atomic E-state index is 0.278. The van der Waals surface area contributed by atoms with Gasteiger partial charge in [0, 0.05) is 5.92 Å². The van der Waals surface area contributed by atoms with Crippen molar-refractivity contribution < 1.29 is 4.79 Å². The van der Waals surface area contributed by atoms with Crippen molar-refractivity contribution in [2.75, 3.05) is 0 Å². The number of rotatable bonds is 2. The molecule has 1 aromatic rings. The maximum Gasteiger partial charge on any atom is 0.176 e. The summed E-state index contributed by atoms with van der Waals surface area (Å²) >= 11 is 4.94. The molecule has 0 aromatic carbocycles. The molecule has 76 valence electrons. The molecule has 0 aliphatic heterocycles. The van der Waals surface area contributed by atoms with E-state index >= 15 is 0 Å². The summed E-state index contributed by atoms with van der Waals surface area (Å²) in [5.74, 6) is 1.20. The molecule has 0 saturated heterocycles. The van der Waals surface area contributed by atoms with Gasteiger partial charge in [0.15, 0.2) is 5.78 Å². The lowest BCUT2D eigenvalue weighted by Gasteiger charge is -2.11. The largest absolute Gasteiger partial charge is 0.293 e. The smallest absolute Gasteiger partial charge is 0.176 e. The van der Waals surface area contributed by atoms with Crippen LogP contribution in [0.3, 0.4) is 0 Å². The molecule has 1 fully saturated rings. The third kappa shape index (κ3) is 1.94. The number of thiophene rings is 1. The minimum absolute atomic E-state index is 0.278. The molecule has 14 heavy (non-hydrogen) atoms. The first-order chi connectivity index (χ1) is 6.68. The zero-order chi connectivity index (χ0) is 10.1. The summed E-state index contributed by atoms with van der Waals surface area (Å²) in [7, 11) is 0. The van der Waals surface area contributed by atoms with Crippen molar-refractivity contribution in [3.8, 4) is 0 Å². The SMILES string of the molecule is CC1CCCC1C(=O)c1ccc(Br)s1. The predicted octanol–water partition coefficient (Wildman–Crippen LogP) is 4.13. The lowest BCUT2D eigenvalue weighted by molar-refractivity contribution is 0.0901. The van der Waals surface area contributed by atoms with Crippen LogP contribution in [0.25, 0.3) is 0 Å². The highest BCUT2D eigenvalue weighted by Gasteiger charge is 2.30. The van der Waals surface area contributed by atoms with Crippen LogP contribution in [0.1, 0.15) is 35.9 Å². The summed E-state index contributed by atoms with van der Waals surface area (Å²) in [6.07, 6.45) is 3.50. The Labute approximate surface area is 96.6 Å². The second-order valence-electron chi connectivity index (χ2n) is 3.98. The van der Waals surface area contributed by atoms with Crippen LogP contribution >= 0.6 is 27.3 Å². The van der Waals surface area contributed by atoms with Crippen LogP contribution in [0.15, 0.2) is 15.9 Å². The average molecular weight is 273 g/mol. The molecule has 3 heteroatoms. The second kappa shape index (κ2) is 4.15. The van der Waals surface area contributed by atoms with E-state index in [4.69, 9.17) is 0 Å². The van der Waals surface area contributed by atoms with E-state index in [1.807, 2.05) is 12.1 Å². The van der Waals surface area contributed by atoms with Crippen molar-refractivity contribution in [1.82, 2.24) is 0 Å². The van der Waals surface area contributed by atoms with E-state index in [9.17, 15) is 4.79 Å². The number of Topliss-reactive ketones (excluding diaryl/α,β-unsaturated/α-hetero) is 1. The van der Waals surface area contributed by atoms with Gasteiger partial charge >= 0.3 is 0 Å². The Morgan fingerprint density at radius 3 is 2.79 bits per heavy atom. The van der Waals surface area contributed by atoms with E-state index in [-0.39, 0.29) is 5.92 Å². The Bertz CT molecular complexity index is 345. The number of carbonyl (C=O) groups excluding carboxylic acids is 1. The van der Waals surface area contributed by atoms with E-state index in [0.29, 0.717) is 11.7 Å². The van der Waals surface area contributed by atoms with Gasteiger partial charge in [0.2, 0.25) is 0 Å². The van der Waals surface area contributed by atoms with Crippen molar-refractivity contribution in [1.29, 1.82) is 0 Å². The van der Waals surface area contributed by atoms with Gasteiger partial charge in [0.25, 0.3) is 0 Å². The van der Waals surface area contributed by atoms with Crippen LogP contribution in [-0.4, -0.2) is 5.78 Å². The van der Waals surface area contributed by atoms with Crippen molar-refractivity contribution in [2.45, 2.75) is 26.2 Å². The van der Waals surface area contributed by atoms with Crippen molar-refractivity contribution in [3.63, 3.8) is 0 Å². The van der Waals surface area contributed by atoms with Crippen LogP contribution in [0.2, 0.25) is 0 Å². The third-order valence-corrected chi connectivity index (χ3v) is 4.65. The first kappa shape index (κ1) is 10.4. The lowest BCUT2D eigenvalue weighted by Crippen LogP contribution is -2.15. The molecule has 1 saturated carbocycles. The third-order valence-electron chi connectivity index (χ3n) is 3.01. The van der Waals surface area contributed by atoms with Gasteiger partial charge in [0.1, 0.15) is 0 Å². The molecule has 0 spiro atoms. The normalized spacial score (nSPS) is 26.7. The van der Waals surface area contributed by atoms with E-state index in [2.05, 4.69) is 22.9 Å². The molecule has 2 rings (SSSR count). The highest BCUT2D eigenvalue weighted by atomic mass is 79.9. The Balaban J connectivity index is 2.15. The molecule has 1 aliphatic rings. The molecule has 1 heterocycles. The maximum absolute atomic E-state index is 12.1. The molecular formula is C11H13BrOS. The van der Waals surface area contributed by atoms with Gasteiger partial charge in [-0.25, -0.2) is 0 Å². The summed E-state index contributed by atoms with van der Waals surface area (Å²) in [4.78, 5) is 13.0. The summed E-state index contributed by atoms with van der Waals surface area (Å²) < 4.78 is 1.05. The van der Waals surface area contributed by atoms with Gasteiger partial charge in [-0.15, -0.1) is 11.3 Å². The van der Waals surface area contributed by atoms with E-state index in [1.165, 1.54) is 12.8 Å². The minimum Gasteiger partial charge on any atom is -0.293 e. The van der Waals surface area contributed by atoms with Gasteiger partial charge in [-0.2, -0.15) is 0 Å². The summed E-state index contributed by atoms with van der Waals surface area (Å²) in [5.41, 5.74) is 0. The maximum atomic E-state index is 12.1. The average Bonchev–Trinajstić information content (AvgIpc) is 2.73. The van der Waals surface area contributed by atoms with Gasteiger partial charge in [0.05, 0.1) is 8.66 Å². The van der Waals surface area contributed by atoms with Crippen LogP contribution < -0.4 is 0 Å². The van der Waals surface area contributed by atoms with Crippen LogP contribution in [0, 0.1) is 11.8 Å². The Morgan fingerprint density at radius 1 is 1.50 bits per heavy atom. The number of ketones is 1. The lowest BCUT2D eigenvalue weighted by atomic mass is 9.93. The molecule has 1 aromatic heterocycles. The first-order valence-corrected chi connectivity index (χ1v) is 6.59. The van der Waals surface area contributed by atoms with Crippen molar-refractivity contribution in [3.05, 3.63) is 20.8 Å². The monoisotopic (exact) mass is 272 g/mol. The molecule has 2 unspecified atom stereocenters. The van der Waals surface area contributed by atoms with Crippen molar-refractivity contribution in [2.24, 2.45) is 11.8 Å². The van der Waals surface area contributed by atoms with Crippen LogP contribution in [0.5, 0.6) is 0 Å². The fourth-order valence-electron chi connectivity index (χ4n) is 2.16. The summed E-state index contributed by atoms with van der Waals surface area (Å²) in [6.45, 7) is 2.19. The van der Waals surface area contributed by atoms with Gasteiger partial charge in [-0.05, 0) is 46.8 Å². The quantitative estimate of drug-likeness (QED) is 0.740. The fourth-order valence-corrected chi connectivity index (χ4v) is 3.55. The molecule has 0 N–H and O–H groups in total. The molecule has 0 bridgehead atoms. The highest BCUT2D eigenvalue weighted by molar-refractivity contribution is 9.11. The zero-order valence-corrected chi connectivity index (χ0v) is 10.5. The van der Waals surface area contributed by atoms with Crippen LogP contribution in [-0.2, 0) is 0 Å². The first-order valence-electron chi connectivity index (χ1n) is 4.98. The Morgan fingerprint density at radius 2 is 2.29 bits per heavy atom. The fraction of sp³-hybridized carbons (Fsp3) is 0.545. The number of hydrogen-bond donors (Lipinski definition) is 0. The van der Waals surface area contributed by atoms with Crippen molar-refractivity contribution >= 4 is 33.0 Å². The second-order valence-corrected chi connectivity index (χ2v) is 6.45. The van der Waals surface area contributed by atoms with Crippen LogP contribution in [0.4, 0.5) is 0 Å². The zero-order valence-electron chi connectivity index (χ0n) is 8.13. The molecule has 0 amide bonds. The number of halogens is 1. The number of carbonyl (C=O) groups is 1. The summed E-state index contributed by atoms with van der Waals surface area (Å²) in [6, 6.07) is 3.89. The predicted molar refractivity (Wildman–Crippen MR) is 62.9 cm³/mol. The summed E-state index contributed by atoms with van der Waals surface area (Å²) in [5, 5.41) is 0. The van der Waals surface area contributed by atoms with E-state index in [0.717, 1.165) is 15.1 Å². The van der Waals surface area contributed by atoms with Gasteiger partial charge in [-0.3, -0.25) is 4.79 Å². The molecule has 0 radical (unpaired) electrons. The molecule has 2 atom stereocenters. The van der Waals surface area contributed by atoms with E-state index < -0.39 is 0 Å². The molecular weight excluding hydrogens is 260 g/mol. The molecule has 1 aliphatic carbocycles. The Kier molecular flexibility index (Phi) is 3.07. The topological polar surface area (TPSA) is 17.1 Å². The Hall–Kier alpha value is -0.150. The highest BCUT2D eigenvalue weighted by Crippen LogP contribution is 2.35. The van der Waals surface area contributed by atoms with E-state index in [1.54, 1.807) is 11.3 Å². The number of hydrogen-bond acceptors (Lipinski definition) is 2. The van der Waals surface area contributed by atoms with Gasteiger partial charge in [-0.1, -0.05) is 13.3 Å². The standard InChI is InChI=1S/C11H13BrOS/c1-7-3-2-4-8(7)11(13)9-5-6-10(12)14-9/h5-8H,2-4H2,1H3.